The number of allylic oxidation sites excluding steroid dienone is 1. The van der Waals surface area contributed by atoms with Gasteiger partial charge in [0.15, 0.2) is 0 Å². The molecule has 0 unspecified atom stereocenters. The van der Waals surface area contributed by atoms with E-state index in [1.54, 1.807) is 0 Å². The smallest absolute Gasteiger partial charge is 0.308 e. The molecule has 0 aliphatic heterocycles. The first-order valence-corrected chi connectivity index (χ1v) is 5.48. The summed E-state index contributed by atoms with van der Waals surface area (Å²) in [6.45, 7) is 3.70. The van der Waals surface area contributed by atoms with Crippen molar-refractivity contribution in [3.05, 3.63) is 12.7 Å². The maximum absolute atomic E-state index is 11.4. The molecule has 0 spiro atoms. The zero-order valence-electron chi connectivity index (χ0n) is 9.00. The zero-order valence-corrected chi connectivity index (χ0v) is 9.00. The maximum atomic E-state index is 11.4. The van der Waals surface area contributed by atoms with Crippen LogP contribution in [0, 0.1) is 11.8 Å². The minimum absolute atomic E-state index is 0.00824. The molecule has 1 saturated carbocycles. The number of esters is 1. The first-order valence-electron chi connectivity index (χ1n) is 5.48. The molecule has 80 valence electrons. The normalized spacial score (nSPS) is 26.1. The summed E-state index contributed by atoms with van der Waals surface area (Å²) in [5.41, 5.74) is 0. The number of methoxy groups -OCH3 is 1. The average molecular weight is 196 g/mol. The summed E-state index contributed by atoms with van der Waals surface area (Å²) < 4.78 is 4.81. The predicted octanol–water partition coefficient (Wildman–Crippen LogP) is 2.93. The van der Waals surface area contributed by atoms with Crippen LogP contribution >= 0.6 is 0 Å². The van der Waals surface area contributed by atoms with Crippen LogP contribution in [0.5, 0.6) is 0 Å². The van der Waals surface area contributed by atoms with Crippen molar-refractivity contribution in [1.29, 1.82) is 0 Å². The second kappa shape index (κ2) is 5.84. The molecule has 0 bridgehead atoms. The highest BCUT2D eigenvalue weighted by atomic mass is 16.5. The Kier molecular flexibility index (Phi) is 4.71. The number of carbonyl (C=O) groups is 1. The predicted molar refractivity (Wildman–Crippen MR) is 56.9 cm³/mol. The quantitative estimate of drug-likeness (QED) is 0.384. The monoisotopic (exact) mass is 196 g/mol. The van der Waals surface area contributed by atoms with Crippen molar-refractivity contribution >= 4 is 5.97 Å². The highest BCUT2D eigenvalue weighted by molar-refractivity contribution is 5.72. The molecule has 0 radical (unpaired) electrons. The fraction of sp³-hybridized carbons (Fsp3) is 0.750. The zero-order chi connectivity index (χ0) is 10.4. The van der Waals surface area contributed by atoms with E-state index >= 15 is 0 Å². The van der Waals surface area contributed by atoms with Crippen LogP contribution in [0.1, 0.15) is 38.5 Å². The lowest BCUT2D eigenvalue weighted by Crippen LogP contribution is -2.20. The van der Waals surface area contributed by atoms with Crippen molar-refractivity contribution in [1.82, 2.24) is 0 Å². The van der Waals surface area contributed by atoms with E-state index in [0.717, 1.165) is 25.7 Å². The number of carbonyl (C=O) groups excluding carboxylic acids is 1. The van der Waals surface area contributed by atoms with E-state index in [4.69, 9.17) is 4.74 Å². The summed E-state index contributed by atoms with van der Waals surface area (Å²) >= 11 is 0. The summed E-state index contributed by atoms with van der Waals surface area (Å²) in [6.07, 6.45) is 8.70. The SMILES string of the molecule is C=CCCC[C@@H]1CCC[C@H]1C(=O)OC. The molecule has 0 aromatic rings. The van der Waals surface area contributed by atoms with Crippen LogP contribution in [-0.4, -0.2) is 13.1 Å². The van der Waals surface area contributed by atoms with Gasteiger partial charge in [-0.3, -0.25) is 4.79 Å². The number of rotatable bonds is 5. The van der Waals surface area contributed by atoms with Crippen LogP contribution in [0.4, 0.5) is 0 Å². The molecule has 2 atom stereocenters. The Labute approximate surface area is 86.3 Å². The number of hydrogen-bond acceptors (Lipinski definition) is 2. The van der Waals surface area contributed by atoms with E-state index in [0.29, 0.717) is 5.92 Å². The first kappa shape index (κ1) is 11.3. The van der Waals surface area contributed by atoms with Gasteiger partial charge in [0.1, 0.15) is 0 Å². The van der Waals surface area contributed by atoms with Gasteiger partial charge in [0.05, 0.1) is 13.0 Å². The fourth-order valence-corrected chi connectivity index (χ4v) is 2.37. The van der Waals surface area contributed by atoms with E-state index in [2.05, 4.69) is 6.58 Å². The van der Waals surface area contributed by atoms with Crippen molar-refractivity contribution in [2.45, 2.75) is 38.5 Å². The van der Waals surface area contributed by atoms with Gasteiger partial charge in [0.25, 0.3) is 0 Å². The first-order chi connectivity index (χ1) is 6.79. The molecule has 0 amide bonds. The summed E-state index contributed by atoms with van der Waals surface area (Å²) in [5.74, 6) is 0.721. The van der Waals surface area contributed by atoms with Crippen LogP contribution in [0.15, 0.2) is 12.7 Å². The van der Waals surface area contributed by atoms with E-state index < -0.39 is 0 Å². The standard InChI is InChI=1S/C12H20O2/c1-3-4-5-7-10-8-6-9-11(10)12(13)14-2/h3,10-11H,1,4-9H2,2H3/t10-,11-/m1/s1. The minimum atomic E-state index is -0.00824. The molecule has 0 aromatic carbocycles. The molecule has 2 nitrogen and oxygen atoms in total. The van der Waals surface area contributed by atoms with E-state index in [-0.39, 0.29) is 11.9 Å². The van der Waals surface area contributed by atoms with Crippen molar-refractivity contribution in [3.63, 3.8) is 0 Å². The molecular formula is C12H20O2. The molecule has 1 fully saturated rings. The van der Waals surface area contributed by atoms with E-state index in [9.17, 15) is 4.79 Å². The van der Waals surface area contributed by atoms with Crippen molar-refractivity contribution in [2.75, 3.05) is 7.11 Å². The second-order valence-electron chi connectivity index (χ2n) is 4.04. The van der Waals surface area contributed by atoms with Crippen molar-refractivity contribution < 1.29 is 9.53 Å². The molecule has 1 rings (SSSR count). The molecule has 1 aliphatic rings. The largest absolute Gasteiger partial charge is 0.469 e. The van der Waals surface area contributed by atoms with Crippen LogP contribution in [-0.2, 0) is 9.53 Å². The molecule has 0 aromatic heterocycles. The van der Waals surface area contributed by atoms with E-state index in [1.807, 2.05) is 6.08 Å². The third-order valence-corrected chi connectivity index (χ3v) is 3.15. The van der Waals surface area contributed by atoms with Crippen LogP contribution in [0.25, 0.3) is 0 Å². The fourth-order valence-electron chi connectivity index (χ4n) is 2.37. The number of unbranched alkanes of at least 4 members (excludes halogenated alkanes) is 1. The summed E-state index contributed by atoms with van der Waals surface area (Å²) in [4.78, 5) is 11.4. The molecule has 0 heterocycles. The lowest BCUT2D eigenvalue weighted by molar-refractivity contribution is -0.146. The van der Waals surface area contributed by atoms with Crippen LogP contribution in [0.3, 0.4) is 0 Å². The van der Waals surface area contributed by atoms with Gasteiger partial charge in [-0.15, -0.1) is 6.58 Å². The molecule has 0 N–H and O–H groups in total. The topological polar surface area (TPSA) is 26.3 Å². The van der Waals surface area contributed by atoms with Gasteiger partial charge in [-0.25, -0.2) is 0 Å². The summed E-state index contributed by atoms with van der Waals surface area (Å²) in [7, 11) is 1.49. The number of ether oxygens (including phenoxy) is 1. The van der Waals surface area contributed by atoms with Crippen LogP contribution < -0.4 is 0 Å². The molecule has 14 heavy (non-hydrogen) atoms. The Hall–Kier alpha value is -0.790. The Morgan fingerprint density at radius 2 is 2.36 bits per heavy atom. The maximum Gasteiger partial charge on any atom is 0.308 e. The van der Waals surface area contributed by atoms with Gasteiger partial charge >= 0.3 is 5.97 Å². The second-order valence-corrected chi connectivity index (χ2v) is 4.04. The molecule has 2 heteroatoms. The van der Waals surface area contributed by atoms with Gasteiger partial charge in [0.2, 0.25) is 0 Å². The minimum Gasteiger partial charge on any atom is -0.469 e. The van der Waals surface area contributed by atoms with E-state index in [1.165, 1.54) is 20.0 Å². The molecule has 1 aliphatic carbocycles. The third kappa shape index (κ3) is 2.86. The highest BCUT2D eigenvalue weighted by Crippen LogP contribution is 2.35. The van der Waals surface area contributed by atoms with Crippen molar-refractivity contribution in [3.8, 4) is 0 Å². The Balaban J connectivity index is 2.35. The van der Waals surface area contributed by atoms with Gasteiger partial charge in [-0.2, -0.15) is 0 Å². The Morgan fingerprint density at radius 3 is 3.00 bits per heavy atom. The highest BCUT2D eigenvalue weighted by Gasteiger charge is 2.32. The van der Waals surface area contributed by atoms with Gasteiger partial charge < -0.3 is 4.74 Å². The van der Waals surface area contributed by atoms with Gasteiger partial charge in [0, 0.05) is 0 Å². The van der Waals surface area contributed by atoms with Crippen LogP contribution in [0.2, 0.25) is 0 Å². The van der Waals surface area contributed by atoms with Gasteiger partial charge in [-0.05, 0) is 38.0 Å². The average Bonchev–Trinajstić information content (AvgIpc) is 2.65. The lowest BCUT2D eigenvalue weighted by Gasteiger charge is -2.16. The summed E-state index contributed by atoms with van der Waals surface area (Å²) in [5, 5.41) is 0. The lowest BCUT2D eigenvalue weighted by atomic mass is 9.91. The van der Waals surface area contributed by atoms with Crippen molar-refractivity contribution in [2.24, 2.45) is 11.8 Å². The Bertz CT molecular complexity index is 198. The third-order valence-electron chi connectivity index (χ3n) is 3.15. The molecule has 0 saturated heterocycles. The van der Waals surface area contributed by atoms with Gasteiger partial charge in [-0.1, -0.05) is 12.5 Å². The molecular weight excluding hydrogens is 176 g/mol. The number of hydrogen-bond donors (Lipinski definition) is 0. The Morgan fingerprint density at radius 1 is 1.57 bits per heavy atom. The summed E-state index contributed by atoms with van der Waals surface area (Å²) in [6, 6.07) is 0.